The number of carbonyl (C=O) groups excluding carboxylic acids is 1. The van der Waals surface area contributed by atoms with E-state index in [2.05, 4.69) is 27.7 Å². The van der Waals surface area contributed by atoms with Crippen LogP contribution in [0.15, 0.2) is 0 Å². The van der Waals surface area contributed by atoms with Gasteiger partial charge in [0.25, 0.3) is 0 Å². The Kier molecular flexibility index (Phi) is 3.23. The molecule has 0 aliphatic carbocycles. The van der Waals surface area contributed by atoms with Crippen molar-refractivity contribution in [1.82, 2.24) is 4.90 Å². The normalized spacial score (nSPS) is 29.1. The Morgan fingerprint density at radius 3 is 2.29 bits per heavy atom. The van der Waals surface area contributed by atoms with E-state index in [1.54, 1.807) is 6.92 Å². The molecule has 1 saturated heterocycles. The highest BCUT2D eigenvalue weighted by Gasteiger charge is 2.33. The van der Waals surface area contributed by atoms with E-state index in [1.165, 1.54) is 0 Å². The molecular formula is C12H23NO. The van der Waals surface area contributed by atoms with Crippen LogP contribution in [0.5, 0.6) is 0 Å². The molecule has 1 amide bonds. The van der Waals surface area contributed by atoms with Crippen molar-refractivity contribution in [2.24, 2.45) is 11.3 Å². The summed E-state index contributed by atoms with van der Waals surface area (Å²) in [6.07, 6.45) is 2.32. The van der Waals surface area contributed by atoms with E-state index in [4.69, 9.17) is 0 Å². The Bertz CT molecular complexity index is 217. The predicted octanol–water partition coefficient (Wildman–Crippen LogP) is 2.68. The number of piperidine rings is 1. The zero-order chi connectivity index (χ0) is 10.9. The molecule has 2 nitrogen and oxygen atoms in total. The summed E-state index contributed by atoms with van der Waals surface area (Å²) < 4.78 is 0. The second kappa shape index (κ2) is 3.92. The maximum atomic E-state index is 11.3. The third kappa shape index (κ3) is 2.49. The van der Waals surface area contributed by atoms with Gasteiger partial charge in [-0.25, -0.2) is 0 Å². The Hall–Kier alpha value is -0.530. The Balaban J connectivity index is 2.60. The number of rotatable bonds is 0. The van der Waals surface area contributed by atoms with E-state index in [-0.39, 0.29) is 5.91 Å². The summed E-state index contributed by atoms with van der Waals surface area (Å²) in [5, 5.41) is 0. The van der Waals surface area contributed by atoms with Crippen molar-refractivity contribution < 1.29 is 4.79 Å². The van der Waals surface area contributed by atoms with Gasteiger partial charge in [0.1, 0.15) is 0 Å². The lowest BCUT2D eigenvalue weighted by Crippen LogP contribution is -2.45. The van der Waals surface area contributed by atoms with E-state index in [0.717, 1.165) is 25.3 Å². The zero-order valence-electron chi connectivity index (χ0n) is 10.1. The number of hydrogen-bond acceptors (Lipinski definition) is 1. The van der Waals surface area contributed by atoms with E-state index in [1.807, 2.05) is 4.90 Å². The molecule has 1 heterocycles. The molecule has 82 valence electrons. The van der Waals surface area contributed by atoms with Gasteiger partial charge in [-0.2, -0.15) is 0 Å². The van der Waals surface area contributed by atoms with Crippen molar-refractivity contribution in [2.45, 2.75) is 53.5 Å². The van der Waals surface area contributed by atoms with Crippen LogP contribution in [-0.2, 0) is 4.79 Å². The average molecular weight is 197 g/mol. The molecule has 0 N–H and O–H groups in total. The Morgan fingerprint density at radius 2 is 1.93 bits per heavy atom. The highest BCUT2D eigenvalue weighted by atomic mass is 16.2. The standard InChI is InChI=1S/C12H23NO/c1-9-8-11(12(3,4)5)6-7-13(9)10(2)14/h9,11H,6-8H2,1-5H3/t9-,11+/m0/s1. The van der Waals surface area contributed by atoms with Crippen LogP contribution < -0.4 is 0 Å². The summed E-state index contributed by atoms with van der Waals surface area (Å²) in [4.78, 5) is 13.3. The molecule has 0 radical (unpaired) electrons. The SMILES string of the molecule is CC(=O)N1CC[C@@H](C(C)(C)C)C[C@@H]1C. The summed E-state index contributed by atoms with van der Waals surface area (Å²) in [6.45, 7) is 11.7. The zero-order valence-corrected chi connectivity index (χ0v) is 10.1. The van der Waals surface area contributed by atoms with Crippen LogP contribution in [0, 0.1) is 11.3 Å². The first-order chi connectivity index (χ1) is 6.32. The maximum absolute atomic E-state index is 11.3. The van der Waals surface area contributed by atoms with Gasteiger partial charge in [0.2, 0.25) is 5.91 Å². The topological polar surface area (TPSA) is 20.3 Å². The van der Waals surface area contributed by atoms with Crippen molar-refractivity contribution >= 4 is 5.91 Å². The second-order valence-electron chi connectivity index (χ2n) is 5.65. The summed E-state index contributed by atoms with van der Waals surface area (Å²) in [7, 11) is 0. The largest absolute Gasteiger partial charge is 0.340 e. The van der Waals surface area contributed by atoms with Crippen LogP contribution in [0.1, 0.15) is 47.5 Å². The first-order valence-corrected chi connectivity index (χ1v) is 5.59. The molecule has 2 atom stereocenters. The van der Waals surface area contributed by atoms with Crippen LogP contribution in [0.4, 0.5) is 0 Å². The van der Waals surface area contributed by atoms with Crippen molar-refractivity contribution in [1.29, 1.82) is 0 Å². The summed E-state index contributed by atoms with van der Waals surface area (Å²) in [5.74, 6) is 0.984. The summed E-state index contributed by atoms with van der Waals surface area (Å²) >= 11 is 0. The smallest absolute Gasteiger partial charge is 0.219 e. The number of amides is 1. The van der Waals surface area contributed by atoms with Crippen LogP contribution in [0.25, 0.3) is 0 Å². The molecule has 0 unspecified atom stereocenters. The fraction of sp³-hybridized carbons (Fsp3) is 0.917. The van der Waals surface area contributed by atoms with Gasteiger partial charge in [-0.3, -0.25) is 4.79 Å². The van der Waals surface area contributed by atoms with Gasteiger partial charge in [-0.15, -0.1) is 0 Å². The molecule has 2 heteroatoms. The molecule has 14 heavy (non-hydrogen) atoms. The molecule has 0 saturated carbocycles. The highest BCUT2D eigenvalue weighted by Crippen LogP contribution is 2.36. The third-order valence-corrected chi connectivity index (χ3v) is 3.51. The maximum Gasteiger partial charge on any atom is 0.219 e. The van der Waals surface area contributed by atoms with Gasteiger partial charge < -0.3 is 4.90 Å². The van der Waals surface area contributed by atoms with E-state index in [9.17, 15) is 4.79 Å². The highest BCUT2D eigenvalue weighted by molar-refractivity contribution is 5.73. The van der Waals surface area contributed by atoms with Crippen LogP contribution >= 0.6 is 0 Å². The van der Waals surface area contributed by atoms with Gasteiger partial charge in [0, 0.05) is 19.5 Å². The number of nitrogens with zero attached hydrogens (tertiary/aromatic N) is 1. The third-order valence-electron chi connectivity index (χ3n) is 3.51. The first kappa shape index (κ1) is 11.5. The fourth-order valence-electron chi connectivity index (χ4n) is 2.43. The molecule has 0 spiro atoms. The van der Waals surface area contributed by atoms with Gasteiger partial charge in [0.15, 0.2) is 0 Å². The first-order valence-electron chi connectivity index (χ1n) is 5.59. The van der Waals surface area contributed by atoms with Crippen LogP contribution in [0.3, 0.4) is 0 Å². The minimum absolute atomic E-state index is 0.227. The molecule has 0 aromatic heterocycles. The van der Waals surface area contributed by atoms with Gasteiger partial charge in [0.05, 0.1) is 0 Å². The minimum Gasteiger partial charge on any atom is -0.340 e. The molecule has 0 aromatic rings. The lowest BCUT2D eigenvalue weighted by Gasteiger charge is -2.42. The second-order valence-corrected chi connectivity index (χ2v) is 5.65. The molecular weight excluding hydrogens is 174 g/mol. The number of carbonyl (C=O) groups is 1. The van der Waals surface area contributed by atoms with E-state index < -0.39 is 0 Å². The molecule has 1 fully saturated rings. The van der Waals surface area contributed by atoms with Crippen molar-refractivity contribution in [3.63, 3.8) is 0 Å². The van der Waals surface area contributed by atoms with Gasteiger partial charge in [-0.1, -0.05) is 20.8 Å². The summed E-state index contributed by atoms with van der Waals surface area (Å²) in [5.41, 5.74) is 0.386. The van der Waals surface area contributed by atoms with Crippen LogP contribution in [0.2, 0.25) is 0 Å². The molecule has 1 aliphatic heterocycles. The lowest BCUT2D eigenvalue weighted by atomic mass is 9.73. The lowest BCUT2D eigenvalue weighted by molar-refractivity contribution is -0.133. The van der Waals surface area contributed by atoms with E-state index in [0.29, 0.717) is 11.5 Å². The molecule has 0 aromatic carbocycles. The van der Waals surface area contributed by atoms with Crippen molar-refractivity contribution in [3.8, 4) is 0 Å². The molecule has 1 aliphatic rings. The predicted molar refractivity (Wildman–Crippen MR) is 59.0 cm³/mol. The van der Waals surface area contributed by atoms with Crippen molar-refractivity contribution in [3.05, 3.63) is 0 Å². The molecule has 1 rings (SSSR count). The monoisotopic (exact) mass is 197 g/mol. The Morgan fingerprint density at radius 1 is 1.36 bits per heavy atom. The molecule has 0 bridgehead atoms. The van der Waals surface area contributed by atoms with E-state index >= 15 is 0 Å². The Labute approximate surface area is 87.7 Å². The fourth-order valence-corrected chi connectivity index (χ4v) is 2.43. The number of hydrogen-bond donors (Lipinski definition) is 0. The van der Waals surface area contributed by atoms with Crippen molar-refractivity contribution in [2.75, 3.05) is 6.54 Å². The van der Waals surface area contributed by atoms with Gasteiger partial charge in [-0.05, 0) is 31.1 Å². The number of likely N-dealkylation sites (tertiary alicyclic amines) is 1. The quantitative estimate of drug-likeness (QED) is 0.584. The minimum atomic E-state index is 0.227. The average Bonchev–Trinajstić information content (AvgIpc) is 2.01. The van der Waals surface area contributed by atoms with Crippen LogP contribution in [-0.4, -0.2) is 23.4 Å². The summed E-state index contributed by atoms with van der Waals surface area (Å²) in [6, 6.07) is 0.422. The van der Waals surface area contributed by atoms with Gasteiger partial charge >= 0.3 is 0 Å².